The molecular formula is C16H25N3O2. The number of carbonyl (C=O) groups excluding carboxylic acids is 1. The molecule has 1 aromatic carbocycles. The maximum Gasteiger partial charge on any atom is 0.163 e. The highest BCUT2D eigenvalue weighted by Gasteiger charge is 2.13. The fraction of sp³-hybridized carbons (Fsp3) is 0.562. The lowest BCUT2D eigenvalue weighted by molar-refractivity contribution is 0.101. The van der Waals surface area contributed by atoms with Crippen molar-refractivity contribution in [2.75, 3.05) is 52.1 Å². The van der Waals surface area contributed by atoms with E-state index in [0.29, 0.717) is 23.6 Å². The summed E-state index contributed by atoms with van der Waals surface area (Å²) in [4.78, 5) is 16.4. The highest BCUT2D eigenvalue weighted by atomic mass is 16.5. The molecule has 0 spiro atoms. The van der Waals surface area contributed by atoms with Crippen LogP contribution in [-0.2, 0) is 0 Å². The van der Waals surface area contributed by atoms with Crippen molar-refractivity contribution in [3.05, 3.63) is 23.8 Å². The number of rotatable bonds is 6. The van der Waals surface area contributed by atoms with Gasteiger partial charge in [-0.1, -0.05) is 0 Å². The molecule has 1 heterocycles. The van der Waals surface area contributed by atoms with E-state index in [0.717, 1.165) is 39.1 Å². The van der Waals surface area contributed by atoms with Crippen LogP contribution in [0.2, 0.25) is 0 Å². The van der Waals surface area contributed by atoms with Crippen molar-refractivity contribution in [2.45, 2.75) is 13.3 Å². The van der Waals surface area contributed by atoms with Crippen molar-refractivity contribution >= 4 is 11.5 Å². The molecule has 0 unspecified atom stereocenters. The van der Waals surface area contributed by atoms with E-state index in [9.17, 15) is 4.79 Å². The molecule has 0 amide bonds. The highest BCUT2D eigenvalue weighted by molar-refractivity contribution is 5.97. The van der Waals surface area contributed by atoms with E-state index in [2.05, 4.69) is 16.8 Å². The predicted octanol–water partition coefficient (Wildman–Crippen LogP) is 1.49. The van der Waals surface area contributed by atoms with Crippen LogP contribution in [0.3, 0.4) is 0 Å². The molecule has 0 saturated carbocycles. The fourth-order valence-corrected chi connectivity index (χ4v) is 2.49. The largest absolute Gasteiger partial charge is 0.493 e. The highest BCUT2D eigenvalue weighted by Crippen LogP contribution is 2.22. The second-order valence-corrected chi connectivity index (χ2v) is 5.66. The van der Waals surface area contributed by atoms with Crippen LogP contribution in [0.15, 0.2) is 18.2 Å². The summed E-state index contributed by atoms with van der Waals surface area (Å²) in [5.74, 6) is 0.602. The lowest BCUT2D eigenvalue weighted by Gasteiger charge is -2.32. The molecule has 21 heavy (non-hydrogen) atoms. The third kappa shape index (κ3) is 4.72. The van der Waals surface area contributed by atoms with Crippen LogP contribution >= 0.6 is 0 Å². The van der Waals surface area contributed by atoms with E-state index in [1.165, 1.54) is 0 Å². The normalized spacial score (nSPS) is 16.9. The van der Waals surface area contributed by atoms with Crippen LogP contribution in [0.1, 0.15) is 23.7 Å². The van der Waals surface area contributed by atoms with Gasteiger partial charge < -0.3 is 20.3 Å². The molecule has 1 aromatic rings. The van der Waals surface area contributed by atoms with Crippen molar-refractivity contribution in [3.8, 4) is 5.75 Å². The number of nitrogens with two attached hydrogens (primary N) is 1. The van der Waals surface area contributed by atoms with E-state index < -0.39 is 0 Å². The summed E-state index contributed by atoms with van der Waals surface area (Å²) < 4.78 is 5.75. The molecule has 116 valence electrons. The molecule has 0 radical (unpaired) electrons. The number of hydrogen-bond acceptors (Lipinski definition) is 5. The Morgan fingerprint density at radius 2 is 2.00 bits per heavy atom. The summed E-state index contributed by atoms with van der Waals surface area (Å²) in [5, 5.41) is 0. The zero-order valence-corrected chi connectivity index (χ0v) is 13.0. The van der Waals surface area contributed by atoms with E-state index in [4.69, 9.17) is 10.5 Å². The molecule has 0 bridgehead atoms. The summed E-state index contributed by atoms with van der Waals surface area (Å²) >= 11 is 0. The molecule has 0 atom stereocenters. The van der Waals surface area contributed by atoms with Gasteiger partial charge in [0.1, 0.15) is 5.75 Å². The number of nitrogens with zero attached hydrogens (tertiary/aromatic N) is 2. The molecule has 0 aromatic heterocycles. The average Bonchev–Trinajstić information content (AvgIpc) is 2.45. The molecular weight excluding hydrogens is 266 g/mol. The van der Waals surface area contributed by atoms with Gasteiger partial charge in [0.15, 0.2) is 5.78 Å². The number of carbonyl (C=O) groups is 1. The van der Waals surface area contributed by atoms with Gasteiger partial charge in [0.2, 0.25) is 0 Å². The number of benzene rings is 1. The standard InChI is InChI=1S/C16H25N3O2/c1-13(20)15-5-4-14(17)12-16(15)21-11-3-6-19-9-7-18(2)8-10-19/h4-5,12H,3,6-11,17H2,1-2H3. The number of Topliss-reactive ketones (excluding diaryl/α,β-unsaturated/α-hetero) is 1. The summed E-state index contributed by atoms with van der Waals surface area (Å²) in [6.07, 6.45) is 0.954. The van der Waals surface area contributed by atoms with Gasteiger partial charge in [-0.05, 0) is 32.5 Å². The van der Waals surface area contributed by atoms with Gasteiger partial charge in [-0.2, -0.15) is 0 Å². The van der Waals surface area contributed by atoms with E-state index >= 15 is 0 Å². The molecule has 1 fully saturated rings. The second-order valence-electron chi connectivity index (χ2n) is 5.66. The van der Waals surface area contributed by atoms with Crippen LogP contribution in [0.4, 0.5) is 5.69 Å². The molecule has 5 nitrogen and oxygen atoms in total. The Labute approximate surface area is 126 Å². The van der Waals surface area contributed by atoms with E-state index in [1.807, 2.05) is 0 Å². The van der Waals surface area contributed by atoms with Crippen LogP contribution in [0, 0.1) is 0 Å². The summed E-state index contributed by atoms with van der Waals surface area (Å²) in [6, 6.07) is 5.19. The maximum absolute atomic E-state index is 11.6. The average molecular weight is 291 g/mol. The maximum atomic E-state index is 11.6. The summed E-state index contributed by atoms with van der Waals surface area (Å²) in [7, 11) is 2.16. The number of ether oxygens (including phenoxy) is 1. The molecule has 1 aliphatic rings. The van der Waals surface area contributed by atoms with Crippen LogP contribution in [0.25, 0.3) is 0 Å². The van der Waals surface area contributed by atoms with Crippen molar-refractivity contribution in [1.82, 2.24) is 9.80 Å². The van der Waals surface area contributed by atoms with Crippen LogP contribution in [0.5, 0.6) is 5.75 Å². The van der Waals surface area contributed by atoms with Gasteiger partial charge >= 0.3 is 0 Å². The first-order valence-electron chi connectivity index (χ1n) is 7.50. The van der Waals surface area contributed by atoms with Crippen molar-refractivity contribution in [2.24, 2.45) is 0 Å². The first-order chi connectivity index (χ1) is 10.1. The summed E-state index contributed by atoms with van der Waals surface area (Å²) in [5.41, 5.74) is 6.98. The minimum atomic E-state index is 0.00377. The second kappa shape index (κ2) is 7.43. The third-order valence-electron chi connectivity index (χ3n) is 3.86. The Hall–Kier alpha value is -1.59. The fourth-order valence-electron chi connectivity index (χ4n) is 2.49. The molecule has 0 aliphatic carbocycles. The Morgan fingerprint density at radius 1 is 1.29 bits per heavy atom. The third-order valence-corrected chi connectivity index (χ3v) is 3.86. The van der Waals surface area contributed by atoms with Gasteiger partial charge in [0.05, 0.1) is 12.2 Å². The number of anilines is 1. The van der Waals surface area contributed by atoms with Crippen molar-refractivity contribution in [1.29, 1.82) is 0 Å². The first-order valence-corrected chi connectivity index (χ1v) is 7.50. The van der Waals surface area contributed by atoms with Crippen molar-refractivity contribution in [3.63, 3.8) is 0 Å². The topological polar surface area (TPSA) is 58.8 Å². The smallest absolute Gasteiger partial charge is 0.163 e. The van der Waals surface area contributed by atoms with Crippen molar-refractivity contribution < 1.29 is 9.53 Å². The van der Waals surface area contributed by atoms with E-state index in [-0.39, 0.29) is 5.78 Å². The molecule has 2 N–H and O–H groups in total. The van der Waals surface area contributed by atoms with Gasteiger partial charge in [0.25, 0.3) is 0 Å². The first kappa shape index (κ1) is 15.8. The number of piperazine rings is 1. The Balaban J connectivity index is 1.78. The molecule has 1 aliphatic heterocycles. The zero-order chi connectivity index (χ0) is 15.2. The van der Waals surface area contributed by atoms with Gasteiger partial charge in [-0.25, -0.2) is 0 Å². The minimum Gasteiger partial charge on any atom is -0.493 e. The number of likely N-dealkylation sites (N-methyl/N-ethyl adjacent to an activating group) is 1. The summed E-state index contributed by atoms with van der Waals surface area (Å²) in [6.45, 7) is 7.68. The van der Waals surface area contributed by atoms with Crippen LogP contribution in [-0.4, -0.2) is 62.0 Å². The lowest BCUT2D eigenvalue weighted by Crippen LogP contribution is -2.44. The molecule has 5 heteroatoms. The quantitative estimate of drug-likeness (QED) is 0.489. The SMILES string of the molecule is CC(=O)c1ccc(N)cc1OCCCN1CCN(C)CC1. The van der Waals surface area contributed by atoms with Gasteiger partial charge in [-0.3, -0.25) is 4.79 Å². The molecule has 2 rings (SSSR count). The van der Waals surface area contributed by atoms with E-state index in [1.54, 1.807) is 25.1 Å². The minimum absolute atomic E-state index is 0.00377. The Kier molecular flexibility index (Phi) is 5.59. The van der Waals surface area contributed by atoms with Gasteiger partial charge in [0, 0.05) is 44.5 Å². The monoisotopic (exact) mass is 291 g/mol. The predicted molar refractivity (Wildman–Crippen MR) is 84.9 cm³/mol. The van der Waals surface area contributed by atoms with Crippen LogP contribution < -0.4 is 10.5 Å². The van der Waals surface area contributed by atoms with Gasteiger partial charge in [-0.15, -0.1) is 0 Å². The lowest BCUT2D eigenvalue weighted by atomic mass is 10.1. The Morgan fingerprint density at radius 3 is 2.67 bits per heavy atom. The number of nitrogen functional groups attached to an aromatic ring is 1. The Bertz CT molecular complexity index is 482. The number of hydrogen-bond donors (Lipinski definition) is 1. The number of ketones is 1. The zero-order valence-electron chi connectivity index (χ0n) is 13.0. The molecule has 1 saturated heterocycles.